The first kappa shape index (κ1) is 13.3. The average Bonchev–Trinajstić information content (AvgIpc) is 2.16. The fourth-order valence-electron chi connectivity index (χ4n) is 1.85. The fourth-order valence-corrected chi connectivity index (χ4v) is 1.85. The van der Waals surface area contributed by atoms with Crippen molar-refractivity contribution in [2.45, 2.75) is 51.7 Å². The van der Waals surface area contributed by atoms with Gasteiger partial charge in [-0.3, -0.25) is 0 Å². The van der Waals surface area contributed by atoms with E-state index in [1.807, 2.05) is 20.8 Å². The number of hydrogen-bond acceptors (Lipinski definition) is 4. The second-order valence-electron chi connectivity index (χ2n) is 5.16. The van der Waals surface area contributed by atoms with Crippen LogP contribution in [0.5, 0.6) is 0 Å². The highest BCUT2D eigenvalue weighted by atomic mass is 16.6. The van der Waals surface area contributed by atoms with Gasteiger partial charge < -0.3 is 14.5 Å². The lowest BCUT2D eigenvalue weighted by Gasteiger charge is -2.36. The largest absolute Gasteiger partial charge is 0.444 e. The van der Waals surface area contributed by atoms with Crippen molar-refractivity contribution in [2.24, 2.45) is 5.90 Å². The van der Waals surface area contributed by atoms with E-state index in [1.54, 1.807) is 4.90 Å². The van der Waals surface area contributed by atoms with E-state index in [1.165, 1.54) is 0 Å². The Morgan fingerprint density at radius 2 is 2.12 bits per heavy atom. The Hall–Kier alpha value is -0.810. The lowest BCUT2D eigenvalue weighted by atomic mass is 10.0. The molecule has 0 saturated carbocycles. The topological polar surface area (TPSA) is 64.8 Å². The van der Waals surface area contributed by atoms with Crippen molar-refractivity contribution in [3.8, 4) is 0 Å². The third-order valence-corrected chi connectivity index (χ3v) is 2.54. The van der Waals surface area contributed by atoms with Gasteiger partial charge in [-0.1, -0.05) is 0 Å². The third kappa shape index (κ3) is 3.98. The van der Waals surface area contributed by atoms with Crippen molar-refractivity contribution in [3.63, 3.8) is 0 Å². The van der Waals surface area contributed by atoms with E-state index >= 15 is 0 Å². The van der Waals surface area contributed by atoms with Gasteiger partial charge in [-0.15, -0.1) is 0 Å². The summed E-state index contributed by atoms with van der Waals surface area (Å²) in [6.45, 7) is 6.69. The lowest BCUT2D eigenvalue weighted by molar-refractivity contribution is -0.00792. The van der Waals surface area contributed by atoms with Crippen LogP contribution in [0.4, 0.5) is 4.79 Å². The molecule has 5 heteroatoms. The lowest BCUT2D eigenvalue weighted by Crippen LogP contribution is -2.48. The molecule has 0 unspecified atom stereocenters. The number of carbonyl (C=O) groups excluding carboxylic acids is 1. The maximum atomic E-state index is 11.9. The molecule has 94 valence electrons. The molecule has 5 nitrogen and oxygen atoms in total. The predicted molar refractivity (Wildman–Crippen MR) is 60.7 cm³/mol. The molecule has 0 aliphatic carbocycles. The minimum absolute atomic E-state index is 0.0496. The molecule has 1 aliphatic rings. The first-order valence-corrected chi connectivity index (χ1v) is 5.75. The van der Waals surface area contributed by atoms with Crippen LogP contribution in [0.15, 0.2) is 0 Å². The average molecular weight is 230 g/mol. The first-order valence-electron chi connectivity index (χ1n) is 5.75. The Morgan fingerprint density at radius 3 is 2.69 bits per heavy atom. The van der Waals surface area contributed by atoms with Gasteiger partial charge in [0.1, 0.15) is 5.60 Å². The summed E-state index contributed by atoms with van der Waals surface area (Å²) in [5, 5.41) is 0. The van der Waals surface area contributed by atoms with Gasteiger partial charge in [-0.2, -0.15) is 0 Å². The van der Waals surface area contributed by atoms with E-state index in [-0.39, 0.29) is 12.1 Å². The van der Waals surface area contributed by atoms with Gasteiger partial charge in [-0.25, -0.2) is 10.7 Å². The summed E-state index contributed by atoms with van der Waals surface area (Å²) < 4.78 is 5.34. The van der Waals surface area contributed by atoms with Crippen LogP contribution in [0.25, 0.3) is 0 Å². The highest BCUT2D eigenvalue weighted by molar-refractivity contribution is 5.68. The number of piperidine rings is 1. The monoisotopic (exact) mass is 230 g/mol. The van der Waals surface area contributed by atoms with Gasteiger partial charge in [0.2, 0.25) is 0 Å². The van der Waals surface area contributed by atoms with E-state index in [4.69, 9.17) is 10.6 Å². The van der Waals surface area contributed by atoms with Crippen molar-refractivity contribution >= 4 is 6.09 Å². The molecule has 0 aromatic carbocycles. The summed E-state index contributed by atoms with van der Waals surface area (Å²) in [4.78, 5) is 18.3. The number of rotatable bonds is 2. The van der Waals surface area contributed by atoms with Crippen LogP contribution in [0.1, 0.15) is 40.0 Å². The van der Waals surface area contributed by atoms with Gasteiger partial charge in [0, 0.05) is 6.54 Å². The molecule has 1 aliphatic heterocycles. The Morgan fingerprint density at radius 1 is 1.44 bits per heavy atom. The summed E-state index contributed by atoms with van der Waals surface area (Å²) in [7, 11) is 0. The number of nitrogens with zero attached hydrogens (tertiary/aromatic N) is 1. The molecule has 1 fully saturated rings. The first-order chi connectivity index (χ1) is 7.44. The standard InChI is InChI=1S/C11H22N2O3/c1-11(2,3)16-10(14)13-7-5-4-6-9(13)8-15-12/h9H,4-8,12H2,1-3H3/t9-/m0/s1. The van der Waals surface area contributed by atoms with Crippen LogP contribution in [0, 0.1) is 0 Å². The maximum absolute atomic E-state index is 11.9. The second kappa shape index (κ2) is 5.50. The van der Waals surface area contributed by atoms with E-state index in [0.29, 0.717) is 6.61 Å². The van der Waals surface area contributed by atoms with Gasteiger partial charge in [0.05, 0.1) is 12.6 Å². The van der Waals surface area contributed by atoms with Crippen molar-refractivity contribution in [3.05, 3.63) is 0 Å². The number of amides is 1. The van der Waals surface area contributed by atoms with Crippen LogP contribution in [0.2, 0.25) is 0 Å². The molecule has 0 bridgehead atoms. The van der Waals surface area contributed by atoms with Gasteiger partial charge in [-0.05, 0) is 40.0 Å². The van der Waals surface area contributed by atoms with Crippen LogP contribution in [-0.4, -0.2) is 35.8 Å². The number of carbonyl (C=O) groups is 1. The summed E-state index contributed by atoms with van der Waals surface area (Å²) in [5.41, 5.74) is -0.456. The summed E-state index contributed by atoms with van der Waals surface area (Å²) in [6, 6.07) is 0.0496. The molecule has 0 aromatic heterocycles. The highest BCUT2D eigenvalue weighted by Gasteiger charge is 2.30. The molecule has 1 heterocycles. The third-order valence-electron chi connectivity index (χ3n) is 2.54. The van der Waals surface area contributed by atoms with E-state index < -0.39 is 5.60 Å². The normalized spacial score (nSPS) is 22.0. The predicted octanol–water partition coefficient (Wildman–Crippen LogP) is 1.67. The van der Waals surface area contributed by atoms with Gasteiger partial charge in [0.25, 0.3) is 0 Å². The van der Waals surface area contributed by atoms with Gasteiger partial charge >= 0.3 is 6.09 Å². The quantitative estimate of drug-likeness (QED) is 0.733. The Bertz CT molecular complexity index is 236. The zero-order valence-electron chi connectivity index (χ0n) is 10.4. The molecule has 16 heavy (non-hydrogen) atoms. The van der Waals surface area contributed by atoms with E-state index in [9.17, 15) is 4.79 Å². The van der Waals surface area contributed by atoms with Crippen LogP contribution in [0.3, 0.4) is 0 Å². The highest BCUT2D eigenvalue weighted by Crippen LogP contribution is 2.20. The van der Waals surface area contributed by atoms with Crippen LogP contribution >= 0.6 is 0 Å². The summed E-state index contributed by atoms with van der Waals surface area (Å²) in [5.74, 6) is 5.07. The molecule has 0 aromatic rings. The molecule has 1 rings (SSSR count). The Labute approximate surface area is 96.8 Å². The van der Waals surface area contributed by atoms with Crippen molar-refractivity contribution in [1.29, 1.82) is 0 Å². The Kier molecular flexibility index (Phi) is 4.56. The molecule has 1 saturated heterocycles. The minimum atomic E-state index is -0.456. The van der Waals surface area contributed by atoms with Gasteiger partial charge in [0.15, 0.2) is 0 Å². The number of nitrogens with two attached hydrogens (primary N) is 1. The molecule has 1 atom stereocenters. The zero-order chi connectivity index (χ0) is 12.2. The number of ether oxygens (including phenoxy) is 1. The minimum Gasteiger partial charge on any atom is -0.444 e. The SMILES string of the molecule is CC(C)(C)OC(=O)N1CCCC[C@H]1CON. The van der Waals surface area contributed by atoms with Crippen LogP contribution in [-0.2, 0) is 9.57 Å². The maximum Gasteiger partial charge on any atom is 0.410 e. The smallest absolute Gasteiger partial charge is 0.410 e. The molecular weight excluding hydrogens is 208 g/mol. The second-order valence-corrected chi connectivity index (χ2v) is 5.16. The molecule has 0 radical (unpaired) electrons. The van der Waals surface area contributed by atoms with Crippen molar-refractivity contribution < 1.29 is 14.4 Å². The zero-order valence-corrected chi connectivity index (χ0v) is 10.4. The van der Waals surface area contributed by atoms with Crippen molar-refractivity contribution in [1.82, 2.24) is 4.90 Å². The number of likely N-dealkylation sites (tertiary alicyclic amines) is 1. The van der Waals surface area contributed by atoms with Crippen LogP contribution < -0.4 is 5.90 Å². The molecule has 1 amide bonds. The Balaban J connectivity index is 2.57. The van der Waals surface area contributed by atoms with E-state index in [0.717, 1.165) is 25.8 Å². The molecular formula is C11H22N2O3. The number of hydrogen-bond donors (Lipinski definition) is 1. The molecule has 2 N–H and O–H groups in total. The van der Waals surface area contributed by atoms with Crippen molar-refractivity contribution in [2.75, 3.05) is 13.2 Å². The van der Waals surface area contributed by atoms with E-state index in [2.05, 4.69) is 4.84 Å². The molecule has 0 spiro atoms. The summed E-state index contributed by atoms with van der Waals surface area (Å²) in [6.07, 6.45) is 2.78. The fraction of sp³-hybridized carbons (Fsp3) is 0.909. The summed E-state index contributed by atoms with van der Waals surface area (Å²) >= 11 is 0.